The summed E-state index contributed by atoms with van der Waals surface area (Å²) in [6.45, 7) is 3.84. The average molecular weight is 217 g/mol. The summed E-state index contributed by atoms with van der Waals surface area (Å²) in [6, 6.07) is 5.99. The Morgan fingerprint density at radius 1 is 1.62 bits per heavy atom. The summed E-state index contributed by atoms with van der Waals surface area (Å²) in [4.78, 5) is 4.02. The van der Waals surface area contributed by atoms with Crippen molar-refractivity contribution < 1.29 is 4.74 Å². The summed E-state index contributed by atoms with van der Waals surface area (Å²) in [5.74, 6) is 0.565. The second-order valence-electron chi connectivity index (χ2n) is 4.10. The number of hydrogen-bond donors (Lipinski definition) is 1. The van der Waals surface area contributed by atoms with Crippen LogP contribution in [0.4, 0.5) is 5.69 Å². The lowest BCUT2D eigenvalue weighted by Gasteiger charge is -2.20. The SMILES string of the molecule is CC(Nc1ccc(C#N)nc1)C1CCOC1. The molecular formula is C12H15N3O. The second-order valence-corrected chi connectivity index (χ2v) is 4.10. The van der Waals surface area contributed by atoms with Crippen molar-refractivity contribution >= 4 is 5.69 Å². The van der Waals surface area contributed by atoms with Gasteiger partial charge in [0.05, 0.1) is 18.5 Å². The van der Waals surface area contributed by atoms with E-state index < -0.39 is 0 Å². The van der Waals surface area contributed by atoms with Crippen molar-refractivity contribution in [3.63, 3.8) is 0 Å². The maximum Gasteiger partial charge on any atom is 0.140 e. The highest BCUT2D eigenvalue weighted by Gasteiger charge is 2.21. The predicted octanol–water partition coefficient (Wildman–Crippen LogP) is 1.79. The second kappa shape index (κ2) is 4.95. The van der Waals surface area contributed by atoms with Gasteiger partial charge in [0.1, 0.15) is 11.8 Å². The molecule has 0 aromatic carbocycles. The molecule has 4 heteroatoms. The summed E-state index contributed by atoms with van der Waals surface area (Å²) in [7, 11) is 0. The number of rotatable bonds is 3. The third-order valence-electron chi connectivity index (χ3n) is 2.94. The summed E-state index contributed by atoms with van der Waals surface area (Å²) in [5, 5.41) is 12.0. The van der Waals surface area contributed by atoms with E-state index in [4.69, 9.17) is 10.00 Å². The molecular weight excluding hydrogens is 202 g/mol. The molecule has 0 bridgehead atoms. The maximum absolute atomic E-state index is 8.63. The van der Waals surface area contributed by atoms with Crippen LogP contribution in [0.5, 0.6) is 0 Å². The van der Waals surface area contributed by atoms with Gasteiger partial charge in [-0.15, -0.1) is 0 Å². The van der Waals surface area contributed by atoms with Crippen LogP contribution in [0.25, 0.3) is 0 Å². The minimum Gasteiger partial charge on any atom is -0.381 e. The highest BCUT2D eigenvalue weighted by atomic mass is 16.5. The highest BCUT2D eigenvalue weighted by molar-refractivity contribution is 5.43. The quantitative estimate of drug-likeness (QED) is 0.838. The molecule has 1 aliphatic rings. The number of aromatic nitrogens is 1. The summed E-state index contributed by atoms with van der Waals surface area (Å²) >= 11 is 0. The van der Waals surface area contributed by atoms with Gasteiger partial charge in [-0.3, -0.25) is 0 Å². The van der Waals surface area contributed by atoms with Crippen molar-refractivity contribution in [1.29, 1.82) is 5.26 Å². The predicted molar refractivity (Wildman–Crippen MR) is 61.0 cm³/mol. The van der Waals surface area contributed by atoms with Crippen molar-refractivity contribution in [1.82, 2.24) is 4.98 Å². The van der Waals surface area contributed by atoms with Gasteiger partial charge in [-0.1, -0.05) is 0 Å². The van der Waals surface area contributed by atoms with Crippen molar-refractivity contribution in [3.8, 4) is 6.07 Å². The molecule has 16 heavy (non-hydrogen) atoms. The smallest absolute Gasteiger partial charge is 0.140 e. The van der Waals surface area contributed by atoms with Gasteiger partial charge in [0.2, 0.25) is 0 Å². The van der Waals surface area contributed by atoms with Crippen LogP contribution in [0, 0.1) is 17.2 Å². The molecule has 0 aliphatic carbocycles. The van der Waals surface area contributed by atoms with Gasteiger partial charge in [0.15, 0.2) is 0 Å². The van der Waals surface area contributed by atoms with Gasteiger partial charge in [0.25, 0.3) is 0 Å². The van der Waals surface area contributed by atoms with E-state index in [2.05, 4.69) is 17.2 Å². The minimum atomic E-state index is 0.372. The van der Waals surface area contributed by atoms with Crippen LogP contribution >= 0.6 is 0 Å². The van der Waals surface area contributed by atoms with E-state index in [0.717, 1.165) is 25.3 Å². The van der Waals surface area contributed by atoms with Crippen LogP contribution in [0.1, 0.15) is 19.0 Å². The third-order valence-corrected chi connectivity index (χ3v) is 2.94. The van der Waals surface area contributed by atoms with Gasteiger partial charge >= 0.3 is 0 Å². The zero-order valence-electron chi connectivity index (χ0n) is 9.31. The monoisotopic (exact) mass is 217 g/mol. The van der Waals surface area contributed by atoms with Crippen molar-refractivity contribution in [2.45, 2.75) is 19.4 Å². The number of nitriles is 1. The lowest BCUT2D eigenvalue weighted by Crippen LogP contribution is -2.26. The van der Waals surface area contributed by atoms with E-state index in [1.165, 1.54) is 0 Å². The van der Waals surface area contributed by atoms with E-state index in [1.54, 1.807) is 12.3 Å². The van der Waals surface area contributed by atoms with Crippen LogP contribution in [-0.4, -0.2) is 24.2 Å². The Hall–Kier alpha value is -1.60. The molecule has 0 radical (unpaired) electrons. The van der Waals surface area contributed by atoms with Gasteiger partial charge in [-0.2, -0.15) is 5.26 Å². The Morgan fingerprint density at radius 2 is 2.50 bits per heavy atom. The molecule has 2 heterocycles. The van der Waals surface area contributed by atoms with Gasteiger partial charge in [-0.05, 0) is 25.5 Å². The Labute approximate surface area is 95.3 Å². The van der Waals surface area contributed by atoms with Crippen LogP contribution < -0.4 is 5.32 Å². The molecule has 0 spiro atoms. The normalized spacial score (nSPS) is 21.4. The fourth-order valence-corrected chi connectivity index (χ4v) is 1.87. The molecule has 1 N–H and O–H groups in total. The largest absolute Gasteiger partial charge is 0.381 e. The zero-order chi connectivity index (χ0) is 11.4. The van der Waals surface area contributed by atoms with E-state index in [0.29, 0.717) is 17.7 Å². The van der Waals surface area contributed by atoms with E-state index in [-0.39, 0.29) is 0 Å². The summed E-state index contributed by atoms with van der Waals surface area (Å²) < 4.78 is 5.35. The standard InChI is InChI=1S/C12H15N3O/c1-9(10-4-5-16-8-10)15-12-3-2-11(6-13)14-7-12/h2-3,7,9-10,15H,4-5,8H2,1H3. The van der Waals surface area contributed by atoms with Crippen LogP contribution in [-0.2, 0) is 4.74 Å². The van der Waals surface area contributed by atoms with Gasteiger partial charge < -0.3 is 10.1 Å². The molecule has 84 valence electrons. The molecule has 2 unspecified atom stereocenters. The summed E-state index contributed by atoms with van der Waals surface area (Å²) in [5.41, 5.74) is 1.40. The van der Waals surface area contributed by atoms with Crippen molar-refractivity contribution in [3.05, 3.63) is 24.0 Å². The first-order chi connectivity index (χ1) is 7.79. The molecule has 1 saturated heterocycles. The van der Waals surface area contributed by atoms with Gasteiger partial charge in [0, 0.05) is 18.6 Å². The molecule has 4 nitrogen and oxygen atoms in total. The fourth-order valence-electron chi connectivity index (χ4n) is 1.87. The minimum absolute atomic E-state index is 0.372. The Bertz CT molecular complexity index is 376. The Balaban J connectivity index is 1.95. The number of ether oxygens (including phenoxy) is 1. The van der Waals surface area contributed by atoms with Crippen LogP contribution in [0.15, 0.2) is 18.3 Å². The topological polar surface area (TPSA) is 57.9 Å². The van der Waals surface area contributed by atoms with E-state index in [1.807, 2.05) is 12.1 Å². The number of pyridine rings is 1. The Kier molecular flexibility index (Phi) is 3.37. The number of nitrogens with one attached hydrogen (secondary N) is 1. The molecule has 1 fully saturated rings. The van der Waals surface area contributed by atoms with E-state index >= 15 is 0 Å². The molecule has 1 aromatic heterocycles. The third kappa shape index (κ3) is 2.50. The molecule has 2 rings (SSSR count). The average Bonchev–Trinajstić information content (AvgIpc) is 2.83. The molecule has 1 aliphatic heterocycles. The number of anilines is 1. The van der Waals surface area contributed by atoms with Gasteiger partial charge in [-0.25, -0.2) is 4.98 Å². The van der Waals surface area contributed by atoms with Crippen molar-refractivity contribution in [2.75, 3.05) is 18.5 Å². The molecule has 1 aromatic rings. The molecule has 2 atom stereocenters. The highest BCUT2D eigenvalue weighted by Crippen LogP contribution is 2.19. The lowest BCUT2D eigenvalue weighted by atomic mass is 10.0. The molecule has 0 saturated carbocycles. The zero-order valence-corrected chi connectivity index (χ0v) is 9.31. The first-order valence-electron chi connectivity index (χ1n) is 5.50. The first-order valence-corrected chi connectivity index (χ1v) is 5.50. The van der Waals surface area contributed by atoms with Crippen molar-refractivity contribution in [2.24, 2.45) is 5.92 Å². The Morgan fingerprint density at radius 3 is 3.06 bits per heavy atom. The fraction of sp³-hybridized carbons (Fsp3) is 0.500. The van der Waals surface area contributed by atoms with Crippen LogP contribution in [0.3, 0.4) is 0 Å². The summed E-state index contributed by atoms with van der Waals surface area (Å²) in [6.07, 6.45) is 2.81. The lowest BCUT2D eigenvalue weighted by molar-refractivity contribution is 0.183. The first kappa shape index (κ1) is 10.9. The maximum atomic E-state index is 8.63. The van der Waals surface area contributed by atoms with E-state index in [9.17, 15) is 0 Å². The van der Waals surface area contributed by atoms with Crippen LogP contribution in [0.2, 0.25) is 0 Å². The number of hydrogen-bond acceptors (Lipinski definition) is 4. The number of nitrogens with zero attached hydrogens (tertiary/aromatic N) is 2. The molecule has 0 amide bonds.